The number of nitrogens with zero attached hydrogens (tertiary/aromatic N) is 1. The van der Waals surface area contributed by atoms with Gasteiger partial charge < -0.3 is 9.84 Å². The SMILES string of the molecule is CC(=O)c1ccccc1OCC(O)CN(Cc1ccc(C(C)C)cc1)C1CCS(=O)(=O)C1. The van der Waals surface area contributed by atoms with E-state index in [-0.39, 0.29) is 36.5 Å². The number of carbonyl (C=O) groups excluding carboxylic acids is 1. The highest BCUT2D eigenvalue weighted by Crippen LogP contribution is 2.23. The van der Waals surface area contributed by atoms with Crippen LogP contribution in [0.4, 0.5) is 0 Å². The number of sulfone groups is 1. The van der Waals surface area contributed by atoms with Crippen LogP contribution in [0, 0.1) is 0 Å². The minimum absolute atomic E-state index is 0.0204. The zero-order valence-electron chi connectivity index (χ0n) is 19.0. The van der Waals surface area contributed by atoms with Crippen molar-refractivity contribution in [3.05, 3.63) is 65.2 Å². The first-order valence-electron chi connectivity index (χ1n) is 11.1. The molecular weight excluding hydrogens is 426 g/mol. The predicted molar refractivity (Wildman–Crippen MR) is 126 cm³/mol. The number of hydrogen-bond donors (Lipinski definition) is 1. The van der Waals surface area contributed by atoms with Gasteiger partial charge in [-0.25, -0.2) is 8.42 Å². The van der Waals surface area contributed by atoms with E-state index in [1.54, 1.807) is 24.3 Å². The van der Waals surface area contributed by atoms with Gasteiger partial charge in [-0.05, 0) is 42.5 Å². The maximum absolute atomic E-state index is 12.1. The minimum Gasteiger partial charge on any atom is -0.490 e. The normalized spacial score (nSPS) is 18.8. The van der Waals surface area contributed by atoms with Crippen molar-refractivity contribution >= 4 is 15.6 Å². The van der Waals surface area contributed by atoms with Crippen molar-refractivity contribution in [2.75, 3.05) is 24.7 Å². The zero-order chi connectivity index (χ0) is 23.3. The van der Waals surface area contributed by atoms with E-state index in [1.165, 1.54) is 12.5 Å². The van der Waals surface area contributed by atoms with Crippen LogP contribution >= 0.6 is 0 Å². The Morgan fingerprint density at radius 2 is 1.84 bits per heavy atom. The number of carbonyl (C=O) groups is 1. The lowest BCUT2D eigenvalue weighted by molar-refractivity contribution is 0.0520. The third kappa shape index (κ3) is 6.64. The summed E-state index contributed by atoms with van der Waals surface area (Å²) in [6.07, 6.45) is -0.263. The molecule has 1 saturated heterocycles. The van der Waals surface area contributed by atoms with Gasteiger partial charge >= 0.3 is 0 Å². The number of benzene rings is 2. The molecule has 0 radical (unpaired) electrons. The van der Waals surface area contributed by atoms with Gasteiger partial charge in [0.15, 0.2) is 15.6 Å². The zero-order valence-corrected chi connectivity index (χ0v) is 19.8. The van der Waals surface area contributed by atoms with Gasteiger partial charge in [0, 0.05) is 19.1 Å². The lowest BCUT2D eigenvalue weighted by atomic mass is 10.0. The predicted octanol–water partition coefficient (Wildman–Crippen LogP) is 3.44. The van der Waals surface area contributed by atoms with Gasteiger partial charge in [0.2, 0.25) is 0 Å². The Morgan fingerprint density at radius 1 is 1.16 bits per heavy atom. The Labute approximate surface area is 191 Å². The first kappa shape index (κ1) is 24.4. The number of Topliss-reactive ketones (excluding diaryl/α,β-unsaturated/α-hetero) is 1. The van der Waals surface area contributed by atoms with Crippen LogP contribution in [0.15, 0.2) is 48.5 Å². The topological polar surface area (TPSA) is 83.9 Å². The Morgan fingerprint density at radius 3 is 2.44 bits per heavy atom. The molecule has 174 valence electrons. The highest BCUT2D eigenvalue weighted by atomic mass is 32.2. The highest BCUT2D eigenvalue weighted by molar-refractivity contribution is 7.91. The maximum atomic E-state index is 12.1. The van der Waals surface area contributed by atoms with E-state index in [0.29, 0.717) is 30.2 Å². The molecule has 0 aliphatic carbocycles. The number of aliphatic hydroxyl groups is 1. The van der Waals surface area contributed by atoms with Crippen LogP contribution in [0.3, 0.4) is 0 Å². The number of ketones is 1. The van der Waals surface area contributed by atoms with Crippen molar-refractivity contribution in [2.24, 2.45) is 0 Å². The minimum atomic E-state index is -3.05. The number of hydrogen-bond acceptors (Lipinski definition) is 6. The molecule has 0 amide bonds. The van der Waals surface area contributed by atoms with Gasteiger partial charge in [0.25, 0.3) is 0 Å². The highest BCUT2D eigenvalue weighted by Gasteiger charge is 2.33. The Balaban J connectivity index is 1.68. The van der Waals surface area contributed by atoms with Gasteiger partial charge in [0.05, 0.1) is 17.1 Å². The Hall–Kier alpha value is -2.22. The summed E-state index contributed by atoms with van der Waals surface area (Å²) in [5.74, 6) is 1.07. The summed E-state index contributed by atoms with van der Waals surface area (Å²) in [5, 5.41) is 10.7. The largest absolute Gasteiger partial charge is 0.490 e. The smallest absolute Gasteiger partial charge is 0.163 e. The number of ether oxygens (including phenoxy) is 1. The molecule has 1 aliphatic heterocycles. The second-order valence-corrected chi connectivity index (χ2v) is 11.1. The first-order valence-corrected chi connectivity index (χ1v) is 12.9. The van der Waals surface area contributed by atoms with Crippen molar-refractivity contribution < 1.29 is 23.1 Å². The standard InChI is InChI=1S/C25H33NO5S/c1-18(2)21-10-8-20(9-11-21)14-26(22-12-13-32(29,30)17-22)15-23(28)16-31-25-7-5-4-6-24(25)19(3)27/h4-11,18,22-23,28H,12-17H2,1-3H3. The molecule has 2 unspecified atom stereocenters. The molecule has 6 nitrogen and oxygen atoms in total. The average molecular weight is 460 g/mol. The van der Waals surface area contributed by atoms with E-state index >= 15 is 0 Å². The van der Waals surface area contributed by atoms with Crippen LogP contribution in [0.1, 0.15) is 54.6 Å². The van der Waals surface area contributed by atoms with Crippen LogP contribution in [0.25, 0.3) is 0 Å². The van der Waals surface area contributed by atoms with Crippen LogP contribution in [0.5, 0.6) is 5.75 Å². The van der Waals surface area contributed by atoms with Gasteiger partial charge in [-0.2, -0.15) is 0 Å². The summed E-state index contributed by atoms with van der Waals surface area (Å²) in [7, 11) is -3.05. The van der Waals surface area contributed by atoms with E-state index in [2.05, 4.69) is 38.1 Å². The summed E-state index contributed by atoms with van der Waals surface area (Å²) in [4.78, 5) is 13.8. The molecular formula is C25H33NO5S. The molecule has 0 bridgehead atoms. The maximum Gasteiger partial charge on any atom is 0.163 e. The Kier molecular flexibility index (Phi) is 8.09. The Bertz CT molecular complexity index is 1020. The summed E-state index contributed by atoms with van der Waals surface area (Å²) in [6.45, 7) is 6.63. The quantitative estimate of drug-likeness (QED) is 0.548. The molecule has 2 aromatic rings. The molecule has 7 heteroatoms. The van der Waals surface area contributed by atoms with E-state index in [9.17, 15) is 18.3 Å². The summed E-state index contributed by atoms with van der Waals surface area (Å²) in [5.41, 5.74) is 2.80. The first-order chi connectivity index (χ1) is 15.1. The van der Waals surface area contributed by atoms with E-state index in [0.717, 1.165) is 5.56 Å². The molecule has 1 fully saturated rings. The molecule has 3 rings (SSSR count). The fourth-order valence-corrected chi connectivity index (χ4v) is 5.80. The monoisotopic (exact) mass is 459 g/mol. The molecule has 1 heterocycles. The van der Waals surface area contributed by atoms with Crippen LogP contribution in [-0.2, 0) is 16.4 Å². The fourth-order valence-electron chi connectivity index (χ4n) is 4.04. The van der Waals surface area contributed by atoms with Crippen LogP contribution in [-0.4, -0.2) is 61.0 Å². The van der Waals surface area contributed by atoms with Crippen molar-refractivity contribution in [1.29, 1.82) is 0 Å². The van der Waals surface area contributed by atoms with Crippen molar-refractivity contribution in [2.45, 2.75) is 51.8 Å². The summed E-state index contributed by atoms with van der Waals surface area (Å²) in [6, 6.07) is 15.2. The molecule has 32 heavy (non-hydrogen) atoms. The fraction of sp³-hybridized carbons (Fsp3) is 0.480. The lowest BCUT2D eigenvalue weighted by Gasteiger charge is -2.30. The average Bonchev–Trinajstić information content (AvgIpc) is 3.12. The molecule has 0 saturated carbocycles. The number of para-hydroxylation sites is 1. The summed E-state index contributed by atoms with van der Waals surface area (Å²) < 4.78 is 29.9. The second kappa shape index (κ2) is 10.6. The number of aliphatic hydroxyl groups excluding tert-OH is 1. The van der Waals surface area contributed by atoms with Crippen molar-refractivity contribution in [1.82, 2.24) is 4.90 Å². The van der Waals surface area contributed by atoms with E-state index in [1.807, 2.05) is 4.90 Å². The van der Waals surface area contributed by atoms with Gasteiger partial charge in [-0.3, -0.25) is 9.69 Å². The van der Waals surface area contributed by atoms with Gasteiger partial charge in [-0.15, -0.1) is 0 Å². The molecule has 1 aliphatic rings. The lowest BCUT2D eigenvalue weighted by Crippen LogP contribution is -2.42. The molecule has 0 aromatic heterocycles. The molecule has 0 spiro atoms. The van der Waals surface area contributed by atoms with Crippen molar-refractivity contribution in [3.63, 3.8) is 0 Å². The van der Waals surface area contributed by atoms with Crippen LogP contribution < -0.4 is 4.74 Å². The third-order valence-electron chi connectivity index (χ3n) is 5.90. The molecule has 2 atom stereocenters. The van der Waals surface area contributed by atoms with Crippen molar-refractivity contribution in [3.8, 4) is 5.75 Å². The van der Waals surface area contributed by atoms with E-state index in [4.69, 9.17) is 4.74 Å². The summed E-state index contributed by atoms with van der Waals surface area (Å²) >= 11 is 0. The number of rotatable bonds is 10. The third-order valence-corrected chi connectivity index (χ3v) is 7.65. The van der Waals surface area contributed by atoms with Gasteiger partial charge in [-0.1, -0.05) is 50.2 Å². The van der Waals surface area contributed by atoms with E-state index < -0.39 is 15.9 Å². The molecule has 1 N–H and O–H groups in total. The molecule has 2 aromatic carbocycles. The van der Waals surface area contributed by atoms with Crippen LogP contribution in [0.2, 0.25) is 0 Å². The second-order valence-electron chi connectivity index (χ2n) is 8.90. The van der Waals surface area contributed by atoms with Gasteiger partial charge in [0.1, 0.15) is 18.5 Å².